The number of hydrogen-bond acceptors (Lipinski definition) is 6. The summed E-state index contributed by atoms with van der Waals surface area (Å²) in [5.74, 6) is 1.63. The van der Waals surface area contributed by atoms with Crippen LogP contribution in [0.3, 0.4) is 0 Å². The number of allylic oxidation sites excluding steroid dienone is 2. The third-order valence-electron chi connectivity index (χ3n) is 5.55. The van der Waals surface area contributed by atoms with Crippen LogP contribution >= 0.6 is 11.8 Å². The van der Waals surface area contributed by atoms with Crippen molar-refractivity contribution in [1.82, 2.24) is 0 Å². The van der Waals surface area contributed by atoms with Gasteiger partial charge in [0.05, 0.1) is 0 Å². The molecule has 0 saturated carbocycles. The van der Waals surface area contributed by atoms with Gasteiger partial charge in [-0.25, -0.2) is 0 Å². The van der Waals surface area contributed by atoms with Gasteiger partial charge in [0.15, 0.2) is 0 Å². The van der Waals surface area contributed by atoms with Gasteiger partial charge in [-0.05, 0) is 0 Å². The number of ether oxygens (including phenoxy) is 2. The zero-order valence-electron chi connectivity index (χ0n) is 19.1. The van der Waals surface area contributed by atoms with E-state index in [0.29, 0.717) is 13.1 Å². The Hall–Kier alpha value is -2.22. The number of benzene rings is 2. The quantitative estimate of drug-likeness (QED) is 0.325. The van der Waals surface area contributed by atoms with Crippen molar-refractivity contribution < 1.29 is 24.3 Å². The molecule has 8 heteroatoms. The van der Waals surface area contributed by atoms with E-state index in [1.807, 2.05) is 18.2 Å². The molecule has 0 fully saturated rings. The summed E-state index contributed by atoms with van der Waals surface area (Å²) < 4.78 is 15.6. The first-order valence-electron chi connectivity index (χ1n) is 10.9. The summed E-state index contributed by atoms with van der Waals surface area (Å²) in [7, 11) is 3.34. The standard InChI is InChI=1S/C25H29N2O4SSe/c1-4-17(13-24-26(9-11-28)20-15-18(30-2)5-7-22(20)32-24)14-25-27(10-12-29)21-16-19(31-3)6-8-23(21)33-25/h5-8,13-16,28-29H,4,9-12H2,1-3H3/q+1. The van der Waals surface area contributed by atoms with E-state index in [1.54, 1.807) is 26.0 Å². The predicted molar refractivity (Wildman–Crippen MR) is 134 cm³/mol. The van der Waals surface area contributed by atoms with Gasteiger partial charge in [-0.3, -0.25) is 0 Å². The molecular formula is C25H29N2O4SSe+. The molecule has 0 radical (unpaired) electrons. The molecular weight excluding hydrogens is 503 g/mol. The molecule has 33 heavy (non-hydrogen) atoms. The van der Waals surface area contributed by atoms with E-state index in [9.17, 15) is 10.2 Å². The van der Waals surface area contributed by atoms with Gasteiger partial charge in [0, 0.05) is 0 Å². The van der Waals surface area contributed by atoms with E-state index < -0.39 is 0 Å². The molecule has 0 unspecified atom stereocenters. The third kappa shape index (κ3) is 5.00. The summed E-state index contributed by atoms with van der Waals surface area (Å²) in [5.41, 5.74) is 3.39. The van der Waals surface area contributed by atoms with Crippen LogP contribution in [0.1, 0.15) is 17.9 Å². The fourth-order valence-electron chi connectivity index (χ4n) is 3.85. The van der Waals surface area contributed by atoms with E-state index in [0.717, 1.165) is 39.0 Å². The van der Waals surface area contributed by atoms with Crippen molar-refractivity contribution in [3.8, 4) is 11.5 Å². The van der Waals surface area contributed by atoms with Crippen molar-refractivity contribution in [3.05, 3.63) is 57.6 Å². The van der Waals surface area contributed by atoms with Crippen LogP contribution in [0.2, 0.25) is 0 Å². The summed E-state index contributed by atoms with van der Waals surface area (Å²) >= 11 is 1.87. The fraction of sp³-hybridized carbons (Fsp3) is 0.320. The van der Waals surface area contributed by atoms with Crippen LogP contribution in [0.25, 0.3) is 15.9 Å². The Morgan fingerprint density at radius 2 is 1.85 bits per heavy atom. The van der Waals surface area contributed by atoms with Crippen LogP contribution in [0.4, 0.5) is 5.69 Å². The first kappa shape index (κ1) is 23.9. The molecule has 0 saturated heterocycles. The SMILES string of the molecule is CCC(/C=C1\Sc2ccc(OC)cc2N1CCO)=C\c1[se]c2ccc(OC)cc2[n+]1CCO. The molecule has 3 aromatic rings. The van der Waals surface area contributed by atoms with Crippen molar-refractivity contribution in [2.24, 2.45) is 0 Å². The molecule has 1 aliphatic heterocycles. The van der Waals surface area contributed by atoms with Crippen LogP contribution in [-0.4, -0.2) is 58.7 Å². The van der Waals surface area contributed by atoms with E-state index in [4.69, 9.17) is 9.47 Å². The van der Waals surface area contributed by atoms with Gasteiger partial charge in [-0.1, -0.05) is 0 Å². The molecule has 1 aliphatic rings. The second-order valence-corrected chi connectivity index (χ2v) is 10.8. The van der Waals surface area contributed by atoms with Crippen LogP contribution in [0.5, 0.6) is 11.5 Å². The third-order valence-corrected chi connectivity index (χ3v) is 8.99. The van der Waals surface area contributed by atoms with Crippen molar-refractivity contribution in [2.45, 2.75) is 24.8 Å². The van der Waals surface area contributed by atoms with Gasteiger partial charge in [-0.2, -0.15) is 0 Å². The van der Waals surface area contributed by atoms with Gasteiger partial charge in [0.2, 0.25) is 0 Å². The van der Waals surface area contributed by atoms with Crippen LogP contribution in [-0.2, 0) is 6.54 Å². The number of rotatable bonds is 9. The molecule has 0 aliphatic carbocycles. The van der Waals surface area contributed by atoms with E-state index in [1.165, 1.54) is 14.4 Å². The van der Waals surface area contributed by atoms with Crippen LogP contribution in [0, 0.1) is 0 Å². The Morgan fingerprint density at radius 1 is 1.09 bits per heavy atom. The summed E-state index contributed by atoms with van der Waals surface area (Å²) in [5, 5.41) is 20.5. The first-order valence-corrected chi connectivity index (χ1v) is 13.4. The van der Waals surface area contributed by atoms with Gasteiger partial charge in [-0.15, -0.1) is 0 Å². The number of β-amino-alcohol motifs (C(OH)–C–C–N with tert-alkyl or cyclic N) is 1. The number of hydrogen-bond donors (Lipinski definition) is 2. The molecule has 2 heterocycles. The normalized spacial score (nSPS) is 14.9. The van der Waals surface area contributed by atoms with Crippen molar-refractivity contribution in [1.29, 1.82) is 0 Å². The number of thioether (sulfide) groups is 1. The topological polar surface area (TPSA) is 66.0 Å². The number of fused-ring (bicyclic) bond motifs is 2. The second kappa shape index (κ2) is 10.8. The van der Waals surface area contributed by atoms with Crippen molar-refractivity contribution >= 4 is 47.8 Å². The first-order chi connectivity index (χ1) is 16.1. The molecule has 0 bridgehead atoms. The molecule has 174 valence electrons. The van der Waals surface area contributed by atoms with Crippen LogP contribution in [0.15, 0.2) is 58.0 Å². The zero-order chi connectivity index (χ0) is 23.4. The number of anilines is 1. The molecule has 4 rings (SSSR count). The Morgan fingerprint density at radius 3 is 2.55 bits per heavy atom. The van der Waals surface area contributed by atoms with E-state index in [-0.39, 0.29) is 27.7 Å². The molecule has 6 nitrogen and oxygen atoms in total. The monoisotopic (exact) mass is 533 g/mol. The van der Waals surface area contributed by atoms with Crippen molar-refractivity contribution in [2.75, 3.05) is 38.9 Å². The van der Waals surface area contributed by atoms with Gasteiger partial charge in [0.1, 0.15) is 0 Å². The average molecular weight is 533 g/mol. The summed E-state index contributed by atoms with van der Waals surface area (Å²) in [6.45, 7) is 3.39. The maximum absolute atomic E-state index is 9.70. The van der Waals surface area contributed by atoms with E-state index >= 15 is 0 Å². The molecule has 2 N–H and O–H groups in total. The minimum absolute atomic E-state index is 0.0711. The Labute approximate surface area is 204 Å². The zero-order valence-corrected chi connectivity index (χ0v) is 21.6. The summed E-state index contributed by atoms with van der Waals surface area (Å²) in [6.07, 6.45) is 5.36. The number of aliphatic hydroxyl groups is 2. The number of nitrogens with zero attached hydrogens (tertiary/aromatic N) is 2. The van der Waals surface area contributed by atoms with Gasteiger partial charge in [0.25, 0.3) is 0 Å². The summed E-state index contributed by atoms with van der Waals surface area (Å²) in [6, 6.07) is 12.2. The number of aromatic nitrogens is 1. The molecule has 0 amide bonds. The molecule has 2 aromatic carbocycles. The van der Waals surface area contributed by atoms with Crippen molar-refractivity contribution in [3.63, 3.8) is 0 Å². The van der Waals surface area contributed by atoms with Gasteiger partial charge < -0.3 is 0 Å². The number of methoxy groups -OCH3 is 2. The van der Waals surface area contributed by atoms with Crippen LogP contribution < -0.4 is 18.9 Å². The average Bonchev–Trinajstić information content (AvgIpc) is 3.35. The van der Waals surface area contributed by atoms with Gasteiger partial charge >= 0.3 is 205 Å². The maximum atomic E-state index is 9.70. The van der Waals surface area contributed by atoms with E-state index in [2.05, 4.69) is 46.7 Å². The molecule has 0 spiro atoms. The molecule has 1 aromatic heterocycles. The second-order valence-electron chi connectivity index (χ2n) is 7.52. The number of aliphatic hydroxyl groups excluding tert-OH is 2. The fourth-order valence-corrected chi connectivity index (χ4v) is 7.40. The Kier molecular flexibility index (Phi) is 7.83. The minimum atomic E-state index is 0.0711. The Bertz CT molecular complexity index is 1200. The Balaban J connectivity index is 1.74. The summed E-state index contributed by atoms with van der Waals surface area (Å²) in [4.78, 5) is 3.31. The molecule has 0 atom stereocenters. The predicted octanol–water partition coefficient (Wildman–Crippen LogP) is 3.43.